The standard InChI is InChI=1S/C16H15N5O/c1-9(22)16-20-13-8-19-15-12(4-5-18-15)14(13)21(16)11-3-2-10(6-11)7-17/h4-5,8,10-11H,2-3,6H2,1H3,(H,18,19)/t10-,11+/m1/s1. The van der Waals surface area contributed by atoms with Gasteiger partial charge in [-0.25, -0.2) is 9.97 Å². The summed E-state index contributed by atoms with van der Waals surface area (Å²) in [7, 11) is 0. The molecule has 3 heterocycles. The fraction of sp³-hybridized carbons (Fsp3) is 0.375. The number of hydrogen-bond donors (Lipinski definition) is 1. The van der Waals surface area contributed by atoms with E-state index >= 15 is 0 Å². The molecule has 1 aliphatic carbocycles. The number of nitriles is 1. The molecule has 2 atom stereocenters. The highest BCUT2D eigenvalue weighted by molar-refractivity contribution is 6.04. The molecule has 0 radical (unpaired) electrons. The summed E-state index contributed by atoms with van der Waals surface area (Å²) in [5, 5.41) is 10.1. The maximum atomic E-state index is 12.0. The van der Waals surface area contributed by atoms with Gasteiger partial charge in [-0.05, 0) is 25.3 Å². The number of nitrogens with one attached hydrogen (secondary N) is 1. The Morgan fingerprint density at radius 1 is 1.50 bits per heavy atom. The van der Waals surface area contributed by atoms with E-state index in [0.717, 1.165) is 41.3 Å². The van der Waals surface area contributed by atoms with Gasteiger partial charge in [-0.1, -0.05) is 0 Å². The van der Waals surface area contributed by atoms with Gasteiger partial charge in [0.1, 0.15) is 11.2 Å². The van der Waals surface area contributed by atoms with Crippen molar-refractivity contribution >= 4 is 27.9 Å². The second-order valence-electron chi connectivity index (χ2n) is 5.89. The van der Waals surface area contributed by atoms with Crippen molar-refractivity contribution in [3.63, 3.8) is 0 Å². The van der Waals surface area contributed by atoms with Crippen LogP contribution >= 0.6 is 0 Å². The summed E-state index contributed by atoms with van der Waals surface area (Å²) < 4.78 is 2.03. The van der Waals surface area contributed by atoms with Gasteiger partial charge in [0.2, 0.25) is 0 Å². The predicted octanol–water partition coefficient (Wildman–Crippen LogP) is 2.98. The number of carbonyl (C=O) groups is 1. The number of imidazole rings is 1. The summed E-state index contributed by atoms with van der Waals surface area (Å²) in [6.45, 7) is 1.54. The Morgan fingerprint density at radius 3 is 3.09 bits per heavy atom. The molecule has 1 fully saturated rings. The number of pyridine rings is 1. The maximum absolute atomic E-state index is 12.0. The third-order valence-corrected chi connectivity index (χ3v) is 4.50. The third kappa shape index (κ3) is 1.75. The largest absolute Gasteiger partial charge is 0.346 e. The van der Waals surface area contributed by atoms with Crippen molar-refractivity contribution in [3.05, 3.63) is 24.3 Å². The third-order valence-electron chi connectivity index (χ3n) is 4.50. The Kier molecular flexibility index (Phi) is 2.76. The van der Waals surface area contributed by atoms with Crippen LogP contribution in [0.5, 0.6) is 0 Å². The van der Waals surface area contributed by atoms with E-state index in [4.69, 9.17) is 5.26 Å². The van der Waals surface area contributed by atoms with E-state index in [-0.39, 0.29) is 17.7 Å². The first kappa shape index (κ1) is 13.0. The minimum absolute atomic E-state index is 0.0553. The van der Waals surface area contributed by atoms with Gasteiger partial charge >= 0.3 is 0 Å². The van der Waals surface area contributed by atoms with Gasteiger partial charge < -0.3 is 9.55 Å². The zero-order valence-corrected chi connectivity index (χ0v) is 12.2. The Bertz CT molecular complexity index is 929. The normalized spacial score (nSPS) is 21.5. The van der Waals surface area contributed by atoms with Crippen molar-refractivity contribution in [2.75, 3.05) is 0 Å². The fourth-order valence-corrected chi connectivity index (χ4v) is 3.51. The van der Waals surface area contributed by atoms with E-state index in [1.807, 2.05) is 16.8 Å². The molecule has 0 amide bonds. The monoisotopic (exact) mass is 293 g/mol. The summed E-state index contributed by atoms with van der Waals surface area (Å²) in [5.41, 5.74) is 2.47. The second kappa shape index (κ2) is 4.67. The number of Topliss-reactive ketones (excluding diaryl/α,β-unsaturated/α-hetero) is 1. The molecule has 6 heteroatoms. The van der Waals surface area contributed by atoms with Crippen LogP contribution < -0.4 is 0 Å². The fourth-order valence-electron chi connectivity index (χ4n) is 3.51. The molecule has 4 rings (SSSR count). The topological polar surface area (TPSA) is 87.4 Å². The average molecular weight is 293 g/mol. The number of ketones is 1. The number of carbonyl (C=O) groups excluding carboxylic acids is 1. The van der Waals surface area contributed by atoms with Crippen molar-refractivity contribution in [1.82, 2.24) is 19.5 Å². The highest BCUT2D eigenvalue weighted by Gasteiger charge is 2.30. The molecular weight excluding hydrogens is 278 g/mol. The van der Waals surface area contributed by atoms with Gasteiger partial charge in [0.15, 0.2) is 11.6 Å². The number of nitrogens with zero attached hydrogens (tertiary/aromatic N) is 4. The maximum Gasteiger partial charge on any atom is 0.195 e. The number of aromatic amines is 1. The van der Waals surface area contributed by atoms with Crippen LogP contribution in [0.2, 0.25) is 0 Å². The Morgan fingerprint density at radius 2 is 2.36 bits per heavy atom. The van der Waals surface area contributed by atoms with Crippen molar-refractivity contribution in [2.24, 2.45) is 5.92 Å². The molecule has 3 aromatic rings. The van der Waals surface area contributed by atoms with Crippen molar-refractivity contribution < 1.29 is 4.79 Å². The number of hydrogen-bond acceptors (Lipinski definition) is 4. The van der Waals surface area contributed by atoms with Crippen LogP contribution in [0.3, 0.4) is 0 Å². The first-order valence-corrected chi connectivity index (χ1v) is 7.43. The summed E-state index contributed by atoms with van der Waals surface area (Å²) in [6, 6.07) is 4.46. The molecule has 0 saturated heterocycles. The lowest BCUT2D eigenvalue weighted by atomic mass is 10.1. The molecular formula is C16H15N5O. The average Bonchev–Trinajstić information content (AvgIpc) is 3.22. The number of fused-ring (bicyclic) bond motifs is 3. The smallest absolute Gasteiger partial charge is 0.195 e. The predicted molar refractivity (Wildman–Crippen MR) is 81.4 cm³/mol. The molecule has 110 valence electrons. The lowest BCUT2D eigenvalue weighted by Gasteiger charge is -2.15. The first-order chi connectivity index (χ1) is 10.7. The highest BCUT2D eigenvalue weighted by atomic mass is 16.1. The van der Waals surface area contributed by atoms with Crippen LogP contribution in [0.15, 0.2) is 18.5 Å². The van der Waals surface area contributed by atoms with E-state index < -0.39 is 0 Å². The number of aromatic nitrogens is 4. The molecule has 22 heavy (non-hydrogen) atoms. The number of H-pyrrole nitrogens is 1. The quantitative estimate of drug-likeness (QED) is 0.736. The Hall–Kier alpha value is -2.68. The SMILES string of the molecule is CC(=O)c1nc2cnc3[nH]ccc3c2n1[C@H]1CC[C@@H](C#N)C1. The van der Waals surface area contributed by atoms with Crippen LogP contribution in [-0.4, -0.2) is 25.3 Å². The summed E-state index contributed by atoms with van der Waals surface area (Å²) in [6.07, 6.45) is 6.09. The molecule has 0 unspecified atom stereocenters. The molecule has 0 aliphatic heterocycles. The van der Waals surface area contributed by atoms with Crippen LogP contribution in [0, 0.1) is 17.2 Å². The first-order valence-electron chi connectivity index (χ1n) is 7.43. The summed E-state index contributed by atoms with van der Waals surface area (Å²) >= 11 is 0. The van der Waals surface area contributed by atoms with Gasteiger partial charge in [-0.3, -0.25) is 4.79 Å². The summed E-state index contributed by atoms with van der Waals surface area (Å²) in [5.74, 6) is 0.472. The molecule has 0 aromatic carbocycles. The van der Waals surface area contributed by atoms with Crippen molar-refractivity contribution in [2.45, 2.75) is 32.2 Å². The van der Waals surface area contributed by atoms with Gasteiger partial charge in [0.25, 0.3) is 0 Å². The minimum Gasteiger partial charge on any atom is -0.346 e. The van der Waals surface area contributed by atoms with Gasteiger partial charge in [-0.15, -0.1) is 0 Å². The lowest BCUT2D eigenvalue weighted by Crippen LogP contribution is -2.13. The number of rotatable bonds is 2. The molecule has 1 N–H and O–H groups in total. The lowest BCUT2D eigenvalue weighted by molar-refractivity contribution is 0.0998. The molecule has 3 aromatic heterocycles. The molecule has 6 nitrogen and oxygen atoms in total. The van der Waals surface area contributed by atoms with Crippen LogP contribution in [0.25, 0.3) is 22.1 Å². The van der Waals surface area contributed by atoms with E-state index in [0.29, 0.717) is 5.82 Å². The summed E-state index contributed by atoms with van der Waals surface area (Å²) in [4.78, 5) is 24.0. The van der Waals surface area contributed by atoms with E-state index in [2.05, 4.69) is 21.0 Å². The zero-order chi connectivity index (χ0) is 15.3. The van der Waals surface area contributed by atoms with Crippen molar-refractivity contribution in [3.8, 4) is 6.07 Å². The van der Waals surface area contributed by atoms with Gasteiger partial charge in [0.05, 0.1) is 17.8 Å². The van der Waals surface area contributed by atoms with E-state index in [1.165, 1.54) is 6.92 Å². The molecule has 1 saturated carbocycles. The van der Waals surface area contributed by atoms with Gasteiger partial charge in [0, 0.05) is 30.5 Å². The minimum atomic E-state index is -0.0553. The molecule has 1 aliphatic rings. The van der Waals surface area contributed by atoms with Crippen LogP contribution in [0.1, 0.15) is 42.8 Å². The van der Waals surface area contributed by atoms with Gasteiger partial charge in [-0.2, -0.15) is 5.26 Å². The van der Waals surface area contributed by atoms with Crippen LogP contribution in [-0.2, 0) is 0 Å². The zero-order valence-electron chi connectivity index (χ0n) is 12.2. The molecule has 0 bridgehead atoms. The van der Waals surface area contributed by atoms with Crippen molar-refractivity contribution in [1.29, 1.82) is 5.26 Å². The molecule has 0 spiro atoms. The van der Waals surface area contributed by atoms with Crippen LogP contribution in [0.4, 0.5) is 0 Å². The Labute approximate surface area is 126 Å². The van der Waals surface area contributed by atoms with E-state index in [9.17, 15) is 4.79 Å². The van der Waals surface area contributed by atoms with E-state index in [1.54, 1.807) is 6.20 Å². The Balaban J connectivity index is 2.01. The second-order valence-corrected chi connectivity index (χ2v) is 5.89. The highest BCUT2D eigenvalue weighted by Crippen LogP contribution is 2.38.